The van der Waals surface area contributed by atoms with Gasteiger partial charge >= 0.3 is 0 Å². The molecule has 0 spiro atoms. The first-order valence-electron chi connectivity index (χ1n) is 8.91. The molecule has 3 aromatic rings. The van der Waals surface area contributed by atoms with Crippen molar-refractivity contribution in [2.75, 3.05) is 0 Å². The van der Waals surface area contributed by atoms with Gasteiger partial charge in [-0.25, -0.2) is 0 Å². The third-order valence-electron chi connectivity index (χ3n) is 3.46. The third kappa shape index (κ3) is 3.03. The standard InChI is InChI=1S/C20H19N/c1-15(2)17-9-6-10-18(13-17)19-11-12-21-20(14-19)16-7-4-3-5-8-16/h3-15H,1-2H3/i1D3,15D. The average molecular weight is 277 g/mol. The zero-order valence-electron chi connectivity index (χ0n) is 15.9. The largest absolute Gasteiger partial charge is 0.256 e. The van der Waals surface area contributed by atoms with Gasteiger partial charge < -0.3 is 0 Å². The molecule has 21 heavy (non-hydrogen) atoms. The van der Waals surface area contributed by atoms with Crippen LogP contribution in [0, 0.1) is 0 Å². The maximum Gasteiger partial charge on any atom is 0.0708 e. The minimum Gasteiger partial charge on any atom is -0.256 e. The summed E-state index contributed by atoms with van der Waals surface area (Å²) in [6.45, 7) is -0.958. The highest BCUT2D eigenvalue weighted by atomic mass is 14.7. The van der Waals surface area contributed by atoms with Gasteiger partial charge in [-0.2, -0.15) is 0 Å². The van der Waals surface area contributed by atoms with Crippen LogP contribution in [-0.2, 0) is 0 Å². The van der Waals surface area contributed by atoms with Crippen LogP contribution in [-0.4, -0.2) is 4.98 Å². The van der Waals surface area contributed by atoms with E-state index in [4.69, 9.17) is 5.48 Å². The summed E-state index contributed by atoms with van der Waals surface area (Å²) in [6.07, 6.45) is 1.74. The summed E-state index contributed by atoms with van der Waals surface area (Å²) in [5.41, 5.74) is 4.17. The van der Waals surface area contributed by atoms with Crippen LogP contribution in [0.2, 0.25) is 0 Å². The Kier molecular flexibility index (Phi) is 2.68. The van der Waals surface area contributed by atoms with Crippen LogP contribution < -0.4 is 0 Å². The van der Waals surface area contributed by atoms with Crippen LogP contribution in [0.5, 0.6) is 0 Å². The Morgan fingerprint density at radius 2 is 1.67 bits per heavy atom. The minimum absolute atomic E-state index is 0.475. The van der Waals surface area contributed by atoms with E-state index in [-0.39, 0.29) is 0 Å². The number of hydrogen-bond acceptors (Lipinski definition) is 1. The number of aromatic nitrogens is 1. The van der Waals surface area contributed by atoms with Gasteiger partial charge in [-0.05, 0) is 34.7 Å². The van der Waals surface area contributed by atoms with E-state index in [1.54, 1.807) is 24.4 Å². The Bertz CT molecular complexity index is 870. The van der Waals surface area contributed by atoms with Crippen LogP contribution >= 0.6 is 0 Å². The predicted molar refractivity (Wildman–Crippen MR) is 89.2 cm³/mol. The maximum atomic E-state index is 8.28. The topological polar surface area (TPSA) is 12.9 Å². The van der Waals surface area contributed by atoms with E-state index in [1.165, 1.54) is 6.92 Å². The molecule has 0 saturated carbocycles. The highest BCUT2D eigenvalue weighted by Gasteiger charge is 2.05. The van der Waals surface area contributed by atoms with Gasteiger partial charge in [0.15, 0.2) is 0 Å². The number of benzene rings is 2. The molecule has 0 aliphatic rings. The zero-order chi connectivity index (χ0) is 18.1. The van der Waals surface area contributed by atoms with Gasteiger partial charge in [0.2, 0.25) is 0 Å². The first-order chi connectivity index (χ1) is 11.8. The molecule has 1 aromatic heterocycles. The Morgan fingerprint density at radius 3 is 2.48 bits per heavy atom. The van der Waals surface area contributed by atoms with Crippen molar-refractivity contribution in [2.24, 2.45) is 0 Å². The minimum atomic E-state index is -2.39. The van der Waals surface area contributed by atoms with Crippen molar-refractivity contribution in [1.29, 1.82) is 0 Å². The first kappa shape index (κ1) is 9.51. The van der Waals surface area contributed by atoms with Crippen LogP contribution in [0.4, 0.5) is 0 Å². The Labute approximate surface area is 131 Å². The number of rotatable bonds is 3. The fourth-order valence-electron chi connectivity index (χ4n) is 2.31. The molecule has 1 nitrogen and oxygen atoms in total. The molecule has 1 unspecified atom stereocenters. The predicted octanol–water partition coefficient (Wildman–Crippen LogP) is 5.54. The van der Waals surface area contributed by atoms with Crippen molar-refractivity contribution < 1.29 is 5.48 Å². The molecule has 2 aromatic carbocycles. The average Bonchev–Trinajstić information content (AvgIpc) is 2.62. The van der Waals surface area contributed by atoms with Gasteiger partial charge in [-0.15, -0.1) is 0 Å². The molecule has 104 valence electrons. The number of hydrogen-bond donors (Lipinski definition) is 0. The molecule has 0 aliphatic carbocycles. The quantitative estimate of drug-likeness (QED) is 0.612. The summed E-state index contributed by atoms with van der Waals surface area (Å²) in [5.74, 6) is -1.65. The molecule has 1 atom stereocenters. The van der Waals surface area contributed by atoms with E-state index in [0.717, 1.165) is 22.4 Å². The first-order valence-corrected chi connectivity index (χ1v) is 6.91. The Morgan fingerprint density at radius 1 is 0.905 bits per heavy atom. The molecule has 3 rings (SSSR count). The van der Waals surface area contributed by atoms with Gasteiger partial charge in [0.25, 0.3) is 0 Å². The highest BCUT2D eigenvalue weighted by Crippen LogP contribution is 2.26. The summed E-state index contributed by atoms with van der Waals surface area (Å²) in [7, 11) is 0. The van der Waals surface area contributed by atoms with Crippen molar-refractivity contribution >= 4 is 0 Å². The lowest BCUT2D eigenvalue weighted by Crippen LogP contribution is -1.89. The van der Waals surface area contributed by atoms with Gasteiger partial charge in [0.05, 0.1) is 5.69 Å². The fourth-order valence-corrected chi connectivity index (χ4v) is 2.31. The van der Waals surface area contributed by atoms with Gasteiger partial charge in [0, 0.05) is 17.2 Å². The zero-order valence-corrected chi connectivity index (χ0v) is 11.9. The second-order valence-electron chi connectivity index (χ2n) is 5.00. The van der Waals surface area contributed by atoms with Crippen LogP contribution in [0.3, 0.4) is 0 Å². The third-order valence-corrected chi connectivity index (χ3v) is 3.46. The lowest BCUT2D eigenvalue weighted by atomic mass is 9.97. The SMILES string of the molecule is [2H]C([2H])([2H])C([2H])(C)c1cccc(-c2ccnc(-c3ccccc3)c2)c1. The van der Waals surface area contributed by atoms with Gasteiger partial charge in [-0.1, -0.05) is 68.4 Å². The molecular weight excluding hydrogens is 254 g/mol. The van der Waals surface area contributed by atoms with Crippen molar-refractivity contribution in [3.63, 3.8) is 0 Å². The lowest BCUT2D eigenvalue weighted by molar-refractivity contribution is 0.867. The molecule has 0 amide bonds. The summed E-state index contributed by atoms with van der Waals surface area (Å²) < 4.78 is 31.2. The van der Waals surface area contributed by atoms with E-state index >= 15 is 0 Å². The van der Waals surface area contributed by atoms with Crippen molar-refractivity contribution in [3.8, 4) is 22.4 Å². The van der Waals surface area contributed by atoms with E-state index in [9.17, 15) is 0 Å². The highest BCUT2D eigenvalue weighted by molar-refractivity contribution is 5.70. The molecule has 0 aliphatic heterocycles. The summed E-state index contributed by atoms with van der Waals surface area (Å²) in [6, 6.07) is 20.9. The van der Waals surface area contributed by atoms with E-state index in [2.05, 4.69) is 4.98 Å². The van der Waals surface area contributed by atoms with Crippen LogP contribution in [0.25, 0.3) is 22.4 Å². The molecule has 0 N–H and O–H groups in total. The number of nitrogens with zero attached hydrogens (tertiary/aromatic N) is 1. The molecule has 1 heterocycles. The summed E-state index contributed by atoms with van der Waals surface area (Å²) in [4.78, 5) is 4.42. The molecule has 0 bridgehead atoms. The van der Waals surface area contributed by atoms with E-state index < -0.39 is 12.7 Å². The molecule has 1 heteroatoms. The Hall–Kier alpha value is -2.41. The lowest BCUT2D eigenvalue weighted by Gasteiger charge is -2.09. The van der Waals surface area contributed by atoms with Crippen molar-refractivity contribution in [2.45, 2.75) is 19.7 Å². The molecular formula is C20H19N. The Balaban J connectivity index is 2.03. The molecule has 0 saturated heterocycles. The van der Waals surface area contributed by atoms with Crippen molar-refractivity contribution in [3.05, 3.63) is 78.5 Å². The molecule has 0 fully saturated rings. The van der Waals surface area contributed by atoms with Crippen LogP contribution in [0.1, 0.15) is 30.7 Å². The smallest absolute Gasteiger partial charge is 0.0708 e. The van der Waals surface area contributed by atoms with E-state index in [1.807, 2.05) is 48.5 Å². The summed E-state index contributed by atoms with van der Waals surface area (Å²) >= 11 is 0. The fraction of sp³-hybridized carbons (Fsp3) is 0.150. The monoisotopic (exact) mass is 277 g/mol. The van der Waals surface area contributed by atoms with Gasteiger partial charge in [-0.3, -0.25) is 4.98 Å². The normalized spacial score (nSPS) is 17.0. The maximum absolute atomic E-state index is 8.28. The van der Waals surface area contributed by atoms with Crippen molar-refractivity contribution in [1.82, 2.24) is 4.98 Å². The second kappa shape index (κ2) is 5.92. The van der Waals surface area contributed by atoms with Gasteiger partial charge in [0.1, 0.15) is 0 Å². The summed E-state index contributed by atoms with van der Waals surface area (Å²) in [5, 5.41) is 0. The van der Waals surface area contributed by atoms with E-state index in [0.29, 0.717) is 5.56 Å². The van der Waals surface area contributed by atoms with Crippen LogP contribution in [0.15, 0.2) is 72.9 Å². The number of pyridine rings is 1. The second-order valence-corrected chi connectivity index (χ2v) is 5.00. The molecule has 0 radical (unpaired) electrons.